The molecule has 1 unspecified atom stereocenters. The van der Waals surface area contributed by atoms with E-state index in [2.05, 4.69) is 20.8 Å². The molecule has 50 heavy (non-hydrogen) atoms. The number of carbonyl (C=O) groups excluding carboxylic acids is 3. The van der Waals surface area contributed by atoms with Crippen molar-refractivity contribution in [3.05, 3.63) is 0 Å². The fourth-order valence-electron chi connectivity index (χ4n) is 6.50. The Hall–Kier alpha value is -1.59. The predicted octanol–water partition coefficient (Wildman–Crippen LogP) is 13.7. The Morgan fingerprint density at radius 1 is 0.320 bits per heavy atom. The molecule has 0 saturated carbocycles. The Bertz CT molecular complexity index is 738. The van der Waals surface area contributed by atoms with Gasteiger partial charge in [-0.15, -0.1) is 0 Å². The summed E-state index contributed by atoms with van der Waals surface area (Å²) >= 11 is 0. The number of esters is 3. The summed E-state index contributed by atoms with van der Waals surface area (Å²) in [5.74, 6) is -0.863. The predicted molar refractivity (Wildman–Crippen MR) is 210 cm³/mol. The molecule has 0 N–H and O–H groups in total. The van der Waals surface area contributed by atoms with Gasteiger partial charge >= 0.3 is 17.9 Å². The van der Waals surface area contributed by atoms with Crippen LogP contribution in [0.25, 0.3) is 0 Å². The summed E-state index contributed by atoms with van der Waals surface area (Å²) in [6.07, 6.45) is 39.5. The zero-order valence-electron chi connectivity index (χ0n) is 33.7. The van der Waals surface area contributed by atoms with E-state index in [0.29, 0.717) is 19.3 Å². The average Bonchev–Trinajstić information content (AvgIpc) is 3.11. The van der Waals surface area contributed by atoms with Crippen LogP contribution in [0.5, 0.6) is 0 Å². The average molecular weight is 709 g/mol. The van der Waals surface area contributed by atoms with E-state index in [1.54, 1.807) is 0 Å². The Morgan fingerprint density at radius 2 is 0.540 bits per heavy atom. The van der Waals surface area contributed by atoms with Crippen LogP contribution in [0.15, 0.2) is 0 Å². The van der Waals surface area contributed by atoms with Crippen LogP contribution in [-0.2, 0) is 28.6 Å². The van der Waals surface area contributed by atoms with Crippen molar-refractivity contribution >= 4 is 17.9 Å². The smallest absolute Gasteiger partial charge is 0.306 e. The van der Waals surface area contributed by atoms with Gasteiger partial charge < -0.3 is 14.2 Å². The summed E-state index contributed by atoms with van der Waals surface area (Å²) in [4.78, 5) is 37.5. The van der Waals surface area contributed by atoms with Crippen LogP contribution < -0.4 is 0 Å². The molecule has 0 aromatic carbocycles. The number of hydrogen-bond acceptors (Lipinski definition) is 6. The van der Waals surface area contributed by atoms with Crippen molar-refractivity contribution in [2.45, 2.75) is 252 Å². The molecule has 0 aliphatic carbocycles. The monoisotopic (exact) mass is 709 g/mol. The van der Waals surface area contributed by atoms with Gasteiger partial charge in [0, 0.05) is 19.3 Å². The molecule has 0 bridgehead atoms. The Kier molecular flexibility index (Phi) is 38.9. The highest BCUT2D eigenvalue weighted by Gasteiger charge is 2.19. The zero-order valence-corrected chi connectivity index (χ0v) is 33.7. The van der Waals surface area contributed by atoms with Crippen LogP contribution in [-0.4, -0.2) is 37.2 Å². The van der Waals surface area contributed by atoms with Crippen molar-refractivity contribution in [1.82, 2.24) is 0 Å². The molecule has 0 aliphatic rings. The zero-order chi connectivity index (χ0) is 36.6. The van der Waals surface area contributed by atoms with Crippen molar-refractivity contribution < 1.29 is 28.6 Å². The topological polar surface area (TPSA) is 78.9 Å². The lowest BCUT2D eigenvalue weighted by molar-refractivity contribution is -0.167. The molecule has 6 heteroatoms. The standard InChI is InChI=1S/C44H84O6/c1-4-7-10-13-16-18-20-22-24-26-28-31-34-37-43(46)49-40-41(39-48-42(45)36-33-30-15-12-9-6-3)50-44(47)38-35-32-29-27-25-23-21-19-17-14-11-8-5-2/h41H,4-40H2,1-3H3. The summed E-state index contributed by atoms with van der Waals surface area (Å²) in [5, 5.41) is 0. The molecule has 0 aromatic heterocycles. The van der Waals surface area contributed by atoms with Crippen molar-refractivity contribution in [3.8, 4) is 0 Å². The first-order valence-electron chi connectivity index (χ1n) is 22.0. The van der Waals surface area contributed by atoms with Crippen LogP contribution in [0, 0.1) is 0 Å². The maximum atomic E-state index is 12.6. The highest BCUT2D eigenvalue weighted by Crippen LogP contribution is 2.15. The molecule has 0 aromatic rings. The third-order valence-corrected chi connectivity index (χ3v) is 9.86. The van der Waals surface area contributed by atoms with E-state index < -0.39 is 6.10 Å². The van der Waals surface area contributed by atoms with Gasteiger partial charge in [-0.2, -0.15) is 0 Å². The van der Waals surface area contributed by atoms with Crippen molar-refractivity contribution in [2.24, 2.45) is 0 Å². The summed E-state index contributed by atoms with van der Waals surface area (Å²) in [6, 6.07) is 0. The molecule has 0 fully saturated rings. The second-order valence-electron chi connectivity index (χ2n) is 15.0. The van der Waals surface area contributed by atoms with Gasteiger partial charge in [0.15, 0.2) is 6.10 Å². The van der Waals surface area contributed by atoms with E-state index in [-0.39, 0.29) is 31.1 Å². The second kappa shape index (κ2) is 40.2. The van der Waals surface area contributed by atoms with E-state index in [1.165, 1.54) is 148 Å². The van der Waals surface area contributed by atoms with Crippen LogP contribution in [0.3, 0.4) is 0 Å². The molecule has 0 spiro atoms. The molecule has 0 radical (unpaired) electrons. The quantitative estimate of drug-likeness (QED) is 0.0358. The van der Waals surface area contributed by atoms with Crippen LogP contribution in [0.4, 0.5) is 0 Å². The molecule has 0 rings (SSSR count). The van der Waals surface area contributed by atoms with Gasteiger partial charge in [0.2, 0.25) is 0 Å². The normalized spacial score (nSPS) is 11.8. The lowest BCUT2D eigenvalue weighted by Gasteiger charge is -2.18. The first kappa shape index (κ1) is 48.4. The van der Waals surface area contributed by atoms with Gasteiger partial charge in [-0.05, 0) is 19.3 Å². The van der Waals surface area contributed by atoms with E-state index in [9.17, 15) is 14.4 Å². The SMILES string of the molecule is CCCCCCCCCCCCCCCC(=O)OCC(COC(=O)CCCCCCCC)OC(=O)CCCCCCCCCCCCCCC. The maximum Gasteiger partial charge on any atom is 0.306 e. The van der Waals surface area contributed by atoms with Gasteiger partial charge in [-0.3, -0.25) is 14.4 Å². The highest BCUT2D eigenvalue weighted by atomic mass is 16.6. The first-order chi connectivity index (χ1) is 24.5. The van der Waals surface area contributed by atoms with E-state index in [4.69, 9.17) is 14.2 Å². The molecule has 296 valence electrons. The van der Waals surface area contributed by atoms with Gasteiger partial charge in [0.25, 0.3) is 0 Å². The molecule has 0 aliphatic heterocycles. The second-order valence-corrected chi connectivity index (χ2v) is 15.0. The van der Waals surface area contributed by atoms with Crippen LogP contribution in [0.2, 0.25) is 0 Å². The van der Waals surface area contributed by atoms with Crippen LogP contribution >= 0.6 is 0 Å². The lowest BCUT2D eigenvalue weighted by atomic mass is 10.0. The molecule has 0 amide bonds. The molecule has 1 atom stereocenters. The fourth-order valence-corrected chi connectivity index (χ4v) is 6.50. The summed E-state index contributed by atoms with van der Waals surface area (Å²) < 4.78 is 16.6. The molecular weight excluding hydrogens is 624 g/mol. The van der Waals surface area contributed by atoms with Crippen molar-refractivity contribution in [1.29, 1.82) is 0 Å². The van der Waals surface area contributed by atoms with Crippen molar-refractivity contribution in [3.63, 3.8) is 0 Å². The van der Waals surface area contributed by atoms with E-state index in [1.807, 2.05) is 0 Å². The molecular formula is C44H84O6. The minimum Gasteiger partial charge on any atom is -0.462 e. The maximum absolute atomic E-state index is 12.6. The first-order valence-corrected chi connectivity index (χ1v) is 22.0. The van der Waals surface area contributed by atoms with Crippen LogP contribution in [0.1, 0.15) is 245 Å². The highest BCUT2D eigenvalue weighted by molar-refractivity contribution is 5.71. The van der Waals surface area contributed by atoms with E-state index in [0.717, 1.165) is 57.8 Å². The Balaban J connectivity index is 4.24. The lowest BCUT2D eigenvalue weighted by Crippen LogP contribution is -2.30. The number of rotatable bonds is 40. The third kappa shape index (κ3) is 37.7. The van der Waals surface area contributed by atoms with Gasteiger partial charge in [0.05, 0.1) is 0 Å². The fraction of sp³-hybridized carbons (Fsp3) is 0.932. The molecule has 0 saturated heterocycles. The minimum atomic E-state index is -0.756. The number of hydrogen-bond donors (Lipinski definition) is 0. The van der Waals surface area contributed by atoms with E-state index >= 15 is 0 Å². The minimum absolute atomic E-state index is 0.0636. The number of ether oxygens (including phenoxy) is 3. The van der Waals surface area contributed by atoms with Crippen molar-refractivity contribution in [2.75, 3.05) is 13.2 Å². The van der Waals surface area contributed by atoms with Gasteiger partial charge in [-0.1, -0.05) is 207 Å². The molecule has 6 nitrogen and oxygen atoms in total. The van der Waals surface area contributed by atoms with Gasteiger partial charge in [0.1, 0.15) is 13.2 Å². The molecule has 0 heterocycles. The number of unbranched alkanes of at least 4 members (excludes halogenated alkanes) is 29. The Labute approximate surface area is 310 Å². The third-order valence-electron chi connectivity index (χ3n) is 9.86. The number of carbonyl (C=O) groups is 3. The summed E-state index contributed by atoms with van der Waals surface area (Å²) in [6.45, 7) is 6.59. The van der Waals surface area contributed by atoms with Gasteiger partial charge in [-0.25, -0.2) is 0 Å². The summed E-state index contributed by atoms with van der Waals surface area (Å²) in [7, 11) is 0. The Morgan fingerprint density at radius 3 is 0.800 bits per heavy atom. The summed E-state index contributed by atoms with van der Waals surface area (Å²) in [5.41, 5.74) is 0. The largest absolute Gasteiger partial charge is 0.462 e.